The molecule has 5 nitrogen and oxygen atoms in total. The van der Waals surface area contributed by atoms with Gasteiger partial charge in [0.2, 0.25) is 5.91 Å². The predicted octanol–water partition coefficient (Wildman–Crippen LogP) is 2.16. The van der Waals surface area contributed by atoms with E-state index in [1.165, 1.54) is 4.88 Å². The maximum absolute atomic E-state index is 12.6. The van der Waals surface area contributed by atoms with E-state index >= 15 is 0 Å². The highest BCUT2D eigenvalue weighted by Crippen LogP contribution is 2.42. The van der Waals surface area contributed by atoms with Crippen molar-refractivity contribution in [1.29, 1.82) is 0 Å². The molecule has 2 aromatic rings. The van der Waals surface area contributed by atoms with E-state index in [1.54, 1.807) is 23.7 Å². The Morgan fingerprint density at radius 2 is 2.38 bits per heavy atom. The second-order valence-corrected chi connectivity index (χ2v) is 7.64. The number of amides is 1. The fourth-order valence-corrected chi connectivity index (χ4v) is 4.56. The number of thiophene rings is 1. The number of hydrogen-bond donors (Lipinski definition) is 1. The number of aromatic nitrogens is 1. The molecule has 0 saturated carbocycles. The zero-order chi connectivity index (χ0) is 16.4. The van der Waals surface area contributed by atoms with Gasteiger partial charge in [-0.15, -0.1) is 11.3 Å². The van der Waals surface area contributed by atoms with Gasteiger partial charge in [-0.3, -0.25) is 14.7 Å². The minimum absolute atomic E-state index is 0.191. The van der Waals surface area contributed by atoms with E-state index in [0.717, 1.165) is 31.8 Å². The Kier molecular flexibility index (Phi) is 4.24. The number of pyridine rings is 1. The molecule has 2 aliphatic rings. The highest BCUT2D eigenvalue weighted by Gasteiger charge is 2.54. The van der Waals surface area contributed by atoms with Crippen molar-refractivity contribution >= 4 is 17.2 Å². The Morgan fingerprint density at radius 1 is 1.42 bits per heavy atom. The molecule has 4 rings (SSSR count). The van der Waals surface area contributed by atoms with Gasteiger partial charge in [0.05, 0.1) is 18.2 Å². The average Bonchev–Trinajstić information content (AvgIpc) is 3.32. The second-order valence-electron chi connectivity index (χ2n) is 6.60. The first-order valence-corrected chi connectivity index (χ1v) is 9.20. The standard InChI is InChI=1S/C18H21N3O2S/c22-17-18(5-7-21(13-18)11-16-4-2-8-24-16)14(9-20-17)12-23-15-3-1-6-19-10-15/h1-4,6,8,10,14H,5,7,9,11-13H2,(H,20,22)/t14-,18-/m0/s1. The monoisotopic (exact) mass is 343 g/mol. The molecular formula is C18H21N3O2S. The SMILES string of the molecule is O=C1NC[C@@H](COc2cccnc2)[C@@]12CCN(Cc1cccs1)C2. The van der Waals surface area contributed by atoms with Gasteiger partial charge in [-0.05, 0) is 36.5 Å². The molecule has 2 aromatic heterocycles. The normalized spacial score (nSPS) is 26.8. The van der Waals surface area contributed by atoms with Crippen LogP contribution in [0.3, 0.4) is 0 Å². The van der Waals surface area contributed by atoms with Crippen LogP contribution in [-0.2, 0) is 11.3 Å². The van der Waals surface area contributed by atoms with Crippen molar-refractivity contribution in [2.24, 2.45) is 11.3 Å². The number of nitrogens with one attached hydrogen (secondary N) is 1. The van der Waals surface area contributed by atoms with Gasteiger partial charge in [0.15, 0.2) is 0 Å². The van der Waals surface area contributed by atoms with Gasteiger partial charge in [0.1, 0.15) is 5.75 Å². The van der Waals surface area contributed by atoms with Crippen LogP contribution >= 0.6 is 11.3 Å². The topological polar surface area (TPSA) is 54.5 Å². The minimum atomic E-state index is -0.306. The fourth-order valence-electron chi connectivity index (χ4n) is 3.81. The molecular weight excluding hydrogens is 322 g/mol. The van der Waals surface area contributed by atoms with Crippen LogP contribution < -0.4 is 10.1 Å². The molecule has 2 saturated heterocycles. The number of carbonyl (C=O) groups is 1. The third-order valence-corrected chi connectivity index (χ3v) is 6.03. The van der Waals surface area contributed by atoms with Crippen molar-refractivity contribution in [3.8, 4) is 5.75 Å². The molecule has 2 aliphatic heterocycles. The molecule has 4 heterocycles. The number of likely N-dealkylation sites (tertiary alicyclic amines) is 1. The van der Waals surface area contributed by atoms with E-state index in [2.05, 4.69) is 32.7 Å². The van der Waals surface area contributed by atoms with Crippen LogP contribution in [0.15, 0.2) is 42.0 Å². The Hall–Kier alpha value is -1.92. The zero-order valence-electron chi connectivity index (χ0n) is 13.5. The summed E-state index contributed by atoms with van der Waals surface area (Å²) in [5.74, 6) is 1.16. The van der Waals surface area contributed by atoms with E-state index < -0.39 is 0 Å². The molecule has 0 aromatic carbocycles. The zero-order valence-corrected chi connectivity index (χ0v) is 14.3. The number of ether oxygens (including phenoxy) is 1. The molecule has 6 heteroatoms. The van der Waals surface area contributed by atoms with E-state index in [4.69, 9.17) is 4.74 Å². The summed E-state index contributed by atoms with van der Waals surface area (Å²) < 4.78 is 5.89. The minimum Gasteiger partial charge on any atom is -0.492 e. The summed E-state index contributed by atoms with van der Waals surface area (Å²) in [6, 6.07) is 8.01. The van der Waals surface area contributed by atoms with Crippen LogP contribution in [0.1, 0.15) is 11.3 Å². The lowest BCUT2D eigenvalue weighted by atomic mass is 9.77. The molecule has 2 atom stereocenters. The predicted molar refractivity (Wildman–Crippen MR) is 92.9 cm³/mol. The summed E-state index contributed by atoms with van der Waals surface area (Å²) in [6.45, 7) is 3.97. The van der Waals surface area contributed by atoms with Crippen molar-refractivity contribution in [2.75, 3.05) is 26.2 Å². The molecule has 0 aliphatic carbocycles. The maximum Gasteiger partial charge on any atom is 0.228 e. The van der Waals surface area contributed by atoms with Gasteiger partial charge in [0.25, 0.3) is 0 Å². The molecule has 24 heavy (non-hydrogen) atoms. The summed E-state index contributed by atoms with van der Waals surface area (Å²) in [7, 11) is 0. The molecule has 126 valence electrons. The van der Waals surface area contributed by atoms with Crippen LogP contribution in [0.5, 0.6) is 5.75 Å². The van der Waals surface area contributed by atoms with Gasteiger partial charge in [0, 0.05) is 36.6 Å². The van der Waals surface area contributed by atoms with Crippen LogP contribution in [0.25, 0.3) is 0 Å². The lowest BCUT2D eigenvalue weighted by Crippen LogP contribution is -2.40. The Morgan fingerprint density at radius 3 is 3.17 bits per heavy atom. The van der Waals surface area contributed by atoms with E-state index in [1.807, 2.05) is 12.1 Å². The first-order valence-electron chi connectivity index (χ1n) is 8.32. The largest absolute Gasteiger partial charge is 0.492 e. The first-order chi connectivity index (χ1) is 11.8. The number of nitrogens with zero attached hydrogens (tertiary/aromatic N) is 2. The summed E-state index contributed by atoms with van der Waals surface area (Å²) in [5, 5.41) is 5.16. The third kappa shape index (κ3) is 2.91. The molecule has 1 amide bonds. The molecule has 1 spiro atoms. The molecule has 2 fully saturated rings. The number of hydrogen-bond acceptors (Lipinski definition) is 5. The van der Waals surface area contributed by atoms with Gasteiger partial charge in [-0.1, -0.05) is 6.07 Å². The highest BCUT2D eigenvalue weighted by molar-refractivity contribution is 7.09. The quantitative estimate of drug-likeness (QED) is 0.904. The van der Waals surface area contributed by atoms with Crippen molar-refractivity contribution in [3.63, 3.8) is 0 Å². The summed E-state index contributed by atoms with van der Waals surface area (Å²) >= 11 is 1.78. The van der Waals surface area contributed by atoms with Crippen molar-refractivity contribution in [1.82, 2.24) is 15.2 Å². The van der Waals surface area contributed by atoms with Gasteiger partial charge >= 0.3 is 0 Å². The van der Waals surface area contributed by atoms with Gasteiger partial charge < -0.3 is 10.1 Å². The van der Waals surface area contributed by atoms with E-state index in [0.29, 0.717) is 13.2 Å². The fraction of sp³-hybridized carbons (Fsp3) is 0.444. The molecule has 0 unspecified atom stereocenters. The highest BCUT2D eigenvalue weighted by atomic mass is 32.1. The average molecular weight is 343 g/mol. The maximum atomic E-state index is 12.6. The second kappa shape index (κ2) is 6.53. The number of rotatable bonds is 5. The van der Waals surface area contributed by atoms with Crippen molar-refractivity contribution in [3.05, 3.63) is 46.9 Å². The molecule has 0 radical (unpaired) electrons. The Labute approximate surface area is 145 Å². The Balaban J connectivity index is 1.43. The van der Waals surface area contributed by atoms with E-state index in [9.17, 15) is 4.79 Å². The molecule has 1 N–H and O–H groups in total. The van der Waals surface area contributed by atoms with Crippen LogP contribution in [-0.4, -0.2) is 42.0 Å². The van der Waals surface area contributed by atoms with Gasteiger partial charge in [-0.25, -0.2) is 0 Å². The lowest BCUT2D eigenvalue weighted by molar-refractivity contribution is -0.128. The summed E-state index contributed by atoms with van der Waals surface area (Å²) in [5.41, 5.74) is -0.306. The van der Waals surface area contributed by atoms with Crippen molar-refractivity contribution < 1.29 is 9.53 Å². The summed E-state index contributed by atoms with van der Waals surface area (Å²) in [6.07, 6.45) is 4.36. The van der Waals surface area contributed by atoms with Crippen LogP contribution in [0.4, 0.5) is 0 Å². The van der Waals surface area contributed by atoms with Crippen molar-refractivity contribution in [2.45, 2.75) is 13.0 Å². The first kappa shape index (κ1) is 15.6. The Bertz CT molecular complexity index is 692. The van der Waals surface area contributed by atoms with E-state index in [-0.39, 0.29) is 17.2 Å². The van der Waals surface area contributed by atoms with Gasteiger partial charge in [-0.2, -0.15) is 0 Å². The number of carbonyl (C=O) groups excluding carboxylic acids is 1. The van der Waals surface area contributed by atoms with Crippen LogP contribution in [0, 0.1) is 11.3 Å². The van der Waals surface area contributed by atoms with Crippen LogP contribution in [0.2, 0.25) is 0 Å². The summed E-state index contributed by atoms with van der Waals surface area (Å²) in [4.78, 5) is 20.4. The lowest BCUT2D eigenvalue weighted by Gasteiger charge is -2.28. The third-order valence-electron chi connectivity index (χ3n) is 5.17. The molecule has 0 bridgehead atoms. The smallest absolute Gasteiger partial charge is 0.228 e.